The first-order chi connectivity index (χ1) is 9.81. The first-order valence-corrected chi connectivity index (χ1v) is 7.09. The third kappa shape index (κ3) is 2.49. The first-order valence-electron chi connectivity index (χ1n) is 7.09. The summed E-state index contributed by atoms with van der Waals surface area (Å²) in [4.78, 5) is 7.00. The van der Waals surface area contributed by atoms with E-state index in [2.05, 4.69) is 4.90 Å². The highest BCUT2D eigenvalue weighted by Crippen LogP contribution is 2.26. The molecule has 0 atom stereocenters. The van der Waals surface area contributed by atoms with Crippen molar-refractivity contribution in [2.75, 3.05) is 25.1 Å². The maximum Gasteiger partial charge on any atom is 0.134 e. The third-order valence-electron chi connectivity index (χ3n) is 4.03. The van der Waals surface area contributed by atoms with Crippen LogP contribution in [0.1, 0.15) is 18.4 Å². The lowest BCUT2D eigenvalue weighted by atomic mass is 10.1. The predicted molar refractivity (Wildman–Crippen MR) is 79.9 cm³/mol. The second kappa shape index (κ2) is 5.77. The van der Waals surface area contributed by atoms with Crippen LogP contribution < -0.4 is 4.90 Å². The number of benzene rings is 1. The van der Waals surface area contributed by atoms with Crippen molar-refractivity contribution >= 4 is 16.7 Å². The van der Waals surface area contributed by atoms with Gasteiger partial charge in [-0.25, -0.2) is 4.98 Å². The Hall–Kier alpha value is -1.65. The van der Waals surface area contributed by atoms with Crippen LogP contribution in [-0.4, -0.2) is 36.4 Å². The standard InChI is InChI=1S/C16H20N2O2/c1-20-14-6-8-18(9-7-14)16-13(11-19)10-12-4-2-3-5-15(12)17-16/h2-5,10,14,19H,6-9,11H2,1H3. The molecule has 106 valence electrons. The van der Waals surface area contributed by atoms with Crippen molar-refractivity contribution in [1.29, 1.82) is 0 Å². The summed E-state index contributed by atoms with van der Waals surface area (Å²) in [7, 11) is 1.77. The highest BCUT2D eigenvalue weighted by Gasteiger charge is 2.21. The molecular weight excluding hydrogens is 252 g/mol. The Balaban J connectivity index is 1.94. The molecule has 4 heteroatoms. The van der Waals surface area contributed by atoms with E-state index in [1.807, 2.05) is 30.3 Å². The van der Waals surface area contributed by atoms with Gasteiger partial charge in [0.1, 0.15) is 5.82 Å². The molecule has 1 aromatic heterocycles. The van der Waals surface area contributed by atoms with Gasteiger partial charge >= 0.3 is 0 Å². The van der Waals surface area contributed by atoms with Gasteiger partial charge in [-0.2, -0.15) is 0 Å². The molecule has 0 radical (unpaired) electrons. The van der Waals surface area contributed by atoms with E-state index < -0.39 is 0 Å². The molecule has 1 aromatic carbocycles. The van der Waals surface area contributed by atoms with Crippen LogP contribution in [0.2, 0.25) is 0 Å². The topological polar surface area (TPSA) is 45.6 Å². The summed E-state index contributed by atoms with van der Waals surface area (Å²) in [6.45, 7) is 1.88. The first kappa shape index (κ1) is 13.3. The molecule has 3 rings (SSSR count). The van der Waals surface area contributed by atoms with Gasteiger partial charge in [0.2, 0.25) is 0 Å². The molecule has 0 unspecified atom stereocenters. The van der Waals surface area contributed by atoms with E-state index in [-0.39, 0.29) is 6.61 Å². The molecule has 1 N–H and O–H groups in total. The van der Waals surface area contributed by atoms with Crippen molar-refractivity contribution in [3.05, 3.63) is 35.9 Å². The zero-order valence-corrected chi connectivity index (χ0v) is 11.7. The molecule has 0 amide bonds. The molecule has 0 aliphatic carbocycles. The average molecular weight is 272 g/mol. The van der Waals surface area contributed by atoms with Gasteiger partial charge in [-0.1, -0.05) is 18.2 Å². The second-order valence-electron chi connectivity index (χ2n) is 5.24. The van der Waals surface area contributed by atoms with E-state index in [0.29, 0.717) is 6.10 Å². The number of ether oxygens (including phenoxy) is 1. The molecule has 1 aliphatic heterocycles. The summed E-state index contributed by atoms with van der Waals surface area (Å²) in [6.07, 6.45) is 2.37. The number of nitrogens with zero attached hydrogens (tertiary/aromatic N) is 2. The minimum absolute atomic E-state index is 0.0252. The number of methoxy groups -OCH3 is 1. The summed E-state index contributed by atoms with van der Waals surface area (Å²) in [5.74, 6) is 0.917. The Kier molecular flexibility index (Phi) is 3.85. The van der Waals surface area contributed by atoms with Crippen LogP contribution in [0.3, 0.4) is 0 Å². The number of aliphatic hydroxyl groups is 1. The number of aliphatic hydroxyl groups excluding tert-OH is 1. The molecule has 2 aromatic rings. The number of fused-ring (bicyclic) bond motifs is 1. The number of rotatable bonds is 3. The number of anilines is 1. The molecule has 1 saturated heterocycles. The number of hydrogen-bond acceptors (Lipinski definition) is 4. The molecule has 0 saturated carbocycles. The zero-order chi connectivity index (χ0) is 13.9. The summed E-state index contributed by atoms with van der Waals surface area (Å²) >= 11 is 0. The van der Waals surface area contributed by atoms with Gasteiger partial charge in [0, 0.05) is 31.1 Å². The maximum atomic E-state index is 9.62. The predicted octanol–water partition coefficient (Wildman–Crippen LogP) is 2.34. The van der Waals surface area contributed by atoms with Crippen LogP contribution in [0.15, 0.2) is 30.3 Å². The molecule has 4 nitrogen and oxygen atoms in total. The number of piperidine rings is 1. The van der Waals surface area contributed by atoms with Gasteiger partial charge in [-0.15, -0.1) is 0 Å². The van der Waals surface area contributed by atoms with Crippen LogP contribution in [0.4, 0.5) is 5.82 Å². The van der Waals surface area contributed by atoms with Crippen LogP contribution >= 0.6 is 0 Å². The molecule has 2 heterocycles. The second-order valence-corrected chi connectivity index (χ2v) is 5.24. The smallest absolute Gasteiger partial charge is 0.134 e. The summed E-state index contributed by atoms with van der Waals surface area (Å²) in [5.41, 5.74) is 1.88. The normalized spacial score (nSPS) is 16.8. The fourth-order valence-electron chi connectivity index (χ4n) is 2.84. The van der Waals surface area contributed by atoms with E-state index in [1.54, 1.807) is 7.11 Å². The van der Waals surface area contributed by atoms with Crippen LogP contribution in [0.25, 0.3) is 10.9 Å². The lowest BCUT2D eigenvalue weighted by Crippen LogP contribution is -2.37. The largest absolute Gasteiger partial charge is 0.392 e. The minimum atomic E-state index is 0.0252. The highest BCUT2D eigenvalue weighted by molar-refractivity contribution is 5.81. The van der Waals surface area contributed by atoms with E-state index in [4.69, 9.17) is 9.72 Å². The molecule has 1 fully saturated rings. The van der Waals surface area contributed by atoms with Crippen molar-refractivity contribution in [3.8, 4) is 0 Å². The zero-order valence-electron chi connectivity index (χ0n) is 11.7. The van der Waals surface area contributed by atoms with Crippen molar-refractivity contribution in [2.45, 2.75) is 25.6 Å². The quantitative estimate of drug-likeness (QED) is 0.931. The van der Waals surface area contributed by atoms with Gasteiger partial charge in [-0.05, 0) is 25.0 Å². The fraction of sp³-hybridized carbons (Fsp3) is 0.438. The summed E-state index contributed by atoms with van der Waals surface area (Å²) in [5, 5.41) is 10.7. The van der Waals surface area contributed by atoms with Crippen LogP contribution in [0, 0.1) is 0 Å². The van der Waals surface area contributed by atoms with E-state index in [9.17, 15) is 5.11 Å². The Morgan fingerprint density at radius 3 is 2.75 bits per heavy atom. The van der Waals surface area contributed by atoms with Gasteiger partial charge in [0.05, 0.1) is 18.2 Å². The van der Waals surface area contributed by atoms with Crippen LogP contribution in [0.5, 0.6) is 0 Å². The van der Waals surface area contributed by atoms with E-state index in [0.717, 1.165) is 48.2 Å². The maximum absolute atomic E-state index is 9.62. The highest BCUT2D eigenvalue weighted by atomic mass is 16.5. The van der Waals surface area contributed by atoms with Gasteiger partial charge in [0.15, 0.2) is 0 Å². The fourth-order valence-corrected chi connectivity index (χ4v) is 2.84. The minimum Gasteiger partial charge on any atom is -0.392 e. The monoisotopic (exact) mass is 272 g/mol. The Bertz CT molecular complexity index is 592. The van der Waals surface area contributed by atoms with Crippen LogP contribution in [-0.2, 0) is 11.3 Å². The molecule has 0 bridgehead atoms. The van der Waals surface area contributed by atoms with Gasteiger partial charge in [0.25, 0.3) is 0 Å². The van der Waals surface area contributed by atoms with Gasteiger partial charge < -0.3 is 14.7 Å². The van der Waals surface area contributed by atoms with Crippen molar-refractivity contribution in [1.82, 2.24) is 4.98 Å². The Morgan fingerprint density at radius 1 is 1.30 bits per heavy atom. The van der Waals surface area contributed by atoms with E-state index >= 15 is 0 Å². The summed E-state index contributed by atoms with van der Waals surface area (Å²) in [6, 6.07) is 10.1. The molecule has 0 spiro atoms. The molecule has 1 aliphatic rings. The Labute approximate surface area is 119 Å². The van der Waals surface area contributed by atoms with Crippen molar-refractivity contribution < 1.29 is 9.84 Å². The molecule has 20 heavy (non-hydrogen) atoms. The lowest BCUT2D eigenvalue weighted by Gasteiger charge is -2.33. The number of pyridine rings is 1. The summed E-state index contributed by atoms with van der Waals surface area (Å²) < 4.78 is 5.41. The van der Waals surface area contributed by atoms with Crippen molar-refractivity contribution in [3.63, 3.8) is 0 Å². The van der Waals surface area contributed by atoms with Crippen molar-refractivity contribution in [2.24, 2.45) is 0 Å². The number of para-hydroxylation sites is 1. The average Bonchev–Trinajstić information content (AvgIpc) is 2.53. The van der Waals surface area contributed by atoms with E-state index in [1.165, 1.54) is 0 Å². The third-order valence-corrected chi connectivity index (χ3v) is 4.03. The lowest BCUT2D eigenvalue weighted by molar-refractivity contribution is 0.0817. The van der Waals surface area contributed by atoms with Gasteiger partial charge in [-0.3, -0.25) is 0 Å². The Morgan fingerprint density at radius 2 is 2.05 bits per heavy atom. The number of aromatic nitrogens is 1. The molecular formula is C16H20N2O2. The number of hydrogen-bond donors (Lipinski definition) is 1. The SMILES string of the molecule is COC1CCN(c2nc3ccccc3cc2CO)CC1.